The molecule has 0 radical (unpaired) electrons. The van der Waals surface area contributed by atoms with E-state index in [1.54, 1.807) is 139 Å². The van der Waals surface area contributed by atoms with Crippen LogP contribution in [0.4, 0.5) is 32.3 Å². The molecule has 0 aliphatic carbocycles. The van der Waals surface area contributed by atoms with Crippen molar-refractivity contribution in [2.75, 3.05) is 138 Å². The Labute approximate surface area is 525 Å². The van der Waals surface area contributed by atoms with Gasteiger partial charge >= 0.3 is 18.0 Å². The lowest BCUT2D eigenvalue weighted by Crippen LogP contribution is -2.56. The molecule has 3 N–H and O–H groups in total. The molecule has 0 bridgehead atoms. The van der Waals surface area contributed by atoms with E-state index >= 15 is 0 Å². The Balaban J connectivity index is 0.000000212. The van der Waals surface area contributed by atoms with E-state index in [0.717, 1.165) is 0 Å². The number of nitrogens with zero attached hydrogens (tertiary/aromatic N) is 10. The number of nitrogens with one attached hydrogen (secondary N) is 2. The second-order valence-electron chi connectivity index (χ2n) is 20.9. The van der Waals surface area contributed by atoms with E-state index in [0.29, 0.717) is 161 Å². The highest BCUT2D eigenvalue weighted by Crippen LogP contribution is 2.39. The monoisotopic (exact) mass is 1250 g/mol. The molecule has 468 valence electrons. The first-order chi connectivity index (χ1) is 43.0. The number of carbonyl (C=O) groups is 3. The number of fused-ring (bicyclic) bond motifs is 2. The molecule has 2 aliphatic rings. The predicted octanol–water partition coefficient (Wildman–Crippen LogP) is 8.80. The van der Waals surface area contributed by atoms with Gasteiger partial charge in [-0.05, 0) is 98.8 Å². The maximum atomic E-state index is 14.2. The number of halogens is 2. The van der Waals surface area contributed by atoms with Crippen molar-refractivity contribution in [1.82, 2.24) is 29.1 Å². The summed E-state index contributed by atoms with van der Waals surface area (Å²) < 4.78 is 30.5. The van der Waals surface area contributed by atoms with Crippen LogP contribution in [0.5, 0.6) is 23.0 Å². The molecule has 10 rings (SSSR count). The van der Waals surface area contributed by atoms with Crippen molar-refractivity contribution in [3.8, 4) is 23.0 Å². The third-order valence-corrected chi connectivity index (χ3v) is 15.8. The van der Waals surface area contributed by atoms with Crippen LogP contribution in [-0.4, -0.2) is 159 Å². The van der Waals surface area contributed by atoms with Gasteiger partial charge in [0.25, 0.3) is 11.1 Å². The third-order valence-electron chi connectivity index (χ3n) is 15.4. The number of para-hydroxylation sites is 2. The van der Waals surface area contributed by atoms with Gasteiger partial charge in [-0.25, -0.2) is 28.9 Å². The van der Waals surface area contributed by atoms with Crippen LogP contribution >= 0.6 is 23.2 Å². The minimum absolute atomic E-state index is 0.0696. The van der Waals surface area contributed by atoms with E-state index in [4.69, 9.17) is 56.9 Å². The molecule has 8 aromatic rings. The zero-order valence-corrected chi connectivity index (χ0v) is 52.1. The van der Waals surface area contributed by atoms with Gasteiger partial charge < -0.3 is 49.4 Å². The molecule has 2 saturated heterocycles. The van der Waals surface area contributed by atoms with Crippen molar-refractivity contribution in [3.05, 3.63) is 176 Å². The van der Waals surface area contributed by atoms with Gasteiger partial charge in [-0.1, -0.05) is 59.6 Å². The van der Waals surface area contributed by atoms with E-state index in [-0.39, 0.29) is 23.7 Å². The standard InChI is InChI=1S/C33H37ClN6O6.C31H35ClN6O5/c1-22(39(29-13-12-26(44-3)21-30(29)45-4)33(43)35-25-9-7-8-24(34)20-25)31-36-28-11-6-5-10-27(28)32(42)40(31)38-16-14-37(15-17-38)18-19-46-23(2)41;1-21(29-34-26-10-5-4-9-25(26)30(40)38(29)36-15-13-35(14-16-36)17-18-39)37(27-12-11-24(42-2)20-28(27)43-3)31(41)33-23-8-6-7-22(32)19-23/h5-13,20-22H,14-19H2,1-4H3,(H,35,43);4-12,19-21,39H,13-18H2,1-3H3,(H,33,41). The topological polar surface area (TPSA) is 231 Å². The second kappa shape index (κ2) is 29.7. The highest BCUT2D eigenvalue weighted by Gasteiger charge is 2.35. The molecule has 89 heavy (non-hydrogen) atoms. The first-order valence-corrected chi connectivity index (χ1v) is 29.7. The zero-order chi connectivity index (χ0) is 63.3. The van der Waals surface area contributed by atoms with Crippen LogP contribution in [0, 0.1) is 0 Å². The number of aliphatic hydroxyl groups excluding tert-OH is 1. The van der Waals surface area contributed by atoms with Gasteiger partial charge in [0.1, 0.15) is 29.6 Å². The largest absolute Gasteiger partial charge is 0.497 e. The summed E-state index contributed by atoms with van der Waals surface area (Å²) >= 11 is 12.4. The smallest absolute Gasteiger partial charge is 0.327 e. The van der Waals surface area contributed by atoms with Crippen LogP contribution in [-0.2, 0) is 9.53 Å². The molecule has 23 nitrogen and oxygen atoms in total. The van der Waals surface area contributed by atoms with E-state index in [2.05, 4.69) is 20.4 Å². The fraction of sp³-hybridized carbons (Fsp3) is 0.328. The number of methoxy groups -OCH3 is 4. The van der Waals surface area contributed by atoms with Crippen LogP contribution in [0.3, 0.4) is 0 Å². The van der Waals surface area contributed by atoms with Crippen LogP contribution in [0.2, 0.25) is 10.0 Å². The molecule has 2 unspecified atom stereocenters. The lowest BCUT2D eigenvalue weighted by Gasteiger charge is -2.39. The Kier molecular flexibility index (Phi) is 21.5. The summed E-state index contributed by atoms with van der Waals surface area (Å²) in [5, 5.41) is 21.1. The highest BCUT2D eigenvalue weighted by atomic mass is 35.5. The quantitative estimate of drug-likeness (QED) is 0.0642. The number of esters is 1. The summed E-state index contributed by atoms with van der Waals surface area (Å²) in [6.45, 7) is 11.3. The maximum absolute atomic E-state index is 14.2. The number of urea groups is 2. The van der Waals surface area contributed by atoms with Gasteiger partial charge in [-0.3, -0.25) is 34.0 Å². The Morgan fingerprint density at radius 2 is 0.966 bits per heavy atom. The molecule has 2 fully saturated rings. The number of amides is 4. The Morgan fingerprint density at radius 1 is 0.551 bits per heavy atom. The van der Waals surface area contributed by atoms with Crippen molar-refractivity contribution < 1.29 is 43.2 Å². The van der Waals surface area contributed by atoms with Crippen LogP contribution in [0.15, 0.2) is 143 Å². The first kappa shape index (κ1) is 64.3. The van der Waals surface area contributed by atoms with Crippen LogP contribution in [0.25, 0.3) is 21.8 Å². The Hall–Kier alpha value is -9.13. The molecular weight excluding hydrogens is 1180 g/mol. The van der Waals surface area contributed by atoms with Gasteiger partial charge in [0.15, 0.2) is 11.6 Å². The number of aliphatic hydroxyl groups is 1. The van der Waals surface area contributed by atoms with Gasteiger partial charge in [0.05, 0.1) is 80.3 Å². The van der Waals surface area contributed by atoms with E-state index in [1.807, 2.05) is 42.1 Å². The fourth-order valence-electron chi connectivity index (χ4n) is 10.8. The summed E-state index contributed by atoms with van der Waals surface area (Å²) in [7, 11) is 6.14. The average molecular weight is 1260 g/mol. The summed E-state index contributed by atoms with van der Waals surface area (Å²) in [6, 6.07) is 36.0. The summed E-state index contributed by atoms with van der Waals surface area (Å²) in [4.78, 5) is 85.1. The normalized spacial score (nSPS) is 14.2. The SMILES string of the molecule is COc1ccc(N(C(=O)Nc2cccc(Cl)c2)C(C)c2nc3ccccc3c(=O)n2N2CCN(CCO)CC2)c(OC)c1.COc1ccc(N(C(=O)Nc2cccc(Cl)c2)C(C)c2nc3ccccc3c(=O)n2N2CCN(CCOC(C)=O)CC2)c(OC)c1. The molecule has 0 saturated carbocycles. The number of hydrogen-bond acceptors (Lipinski definition) is 17. The third kappa shape index (κ3) is 15.1. The molecule has 25 heteroatoms. The number of anilines is 4. The molecule has 0 spiro atoms. The van der Waals surface area contributed by atoms with Crippen molar-refractivity contribution in [3.63, 3.8) is 0 Å². The number of aromatic nitrogens is 4. The zero-order valence-electron chi connectivity index (χ0n) is 50.6. The lowest BCUT2D eigenvalue weighted by molar-refractivity contribution is -0.141. The van der Waals surface area contributed by atoms with Gasteiger partial charge in [0.2, 0.25) is 0 Å². The summed E-state index contributed by atoms with van der Waals surface area (Å²) in [6.07, 6.45) is 0. The van der Waals surface area contributed by atoms with Gasteiger partial charge in [-0.15, -0.1) is 0 Å². The van der Waals surface area contributed by atoms with E-state index in [1.165, 1.54) is 30.9 Å². The van der Waals surface area contributed by atoms with Crippen LogP contribution in [0.1, 0.15) is 44.5 Å². The number of hydrogen-bond donors (Lipinski definition) is 3. The van der Waals surface area contributed by atoms with Gasteiger partial charge in [-0.2, -0.15) is 0 Å². The number of benzene rings is 6. The minimum Gasteiger partial charge on any atom is -0.497 e. The molecule has 4 heterocycles. The molecule has 4 amide bonds. The van der Waals surface area contributed by atoms with Crippen molar-refractivity contribution in [2.24, 2.45) is 0 Å². The van der Waals surface area contributed by atoms with E-state index in [9.17, 15) is 29.1 Å². The molecule has 6 aromatic carbocycles. The fourth-order valence-corrected chi connectivity index (χ4v) is 11.2. The summed E-state index contributed by atoms with van der Waals surface area (Å²) in [5.41, 5.74) is 2.49. The van der Waals surface area contributed by atoms with Crippen molar-refractivity contribution >= 4 is 85.8 Å². The maximum Gasteiger partial charge on any atom is 0.327 e. The molecule has 2 atom stereocenters. The molecular formula is C64H72Cl2N12O11. The van der Waals surface area contributed by atoms with Crippen molar-refractivity contribution in [1.29, 1.82) is 0 Å². The summed E-state index contributed by atoms with van der Waals surface area (Å²) in [5.74, 6) is 2.35. The number of carbonyl (C=O) groups excluding carboxylic acids is 3. The molecule has 2 aliphatic heterocycles. The van der Waals surface area contributed by atoms with Crippen molar-refractivity contribution in [2.45, 2.75) is 32.9 Å². The lowest BCUT2D eigenvalue weighted by atomic mass is 10.1. The number of β-amino-alcohol motifs (C(OH)–C–C–N with tert-alkyl or cyclic N) is 1. The predicted molar refractivity (Wildman–Crippen MR) is 346 cm³/mol. The Morgan fingerprint density at radius 3 is 1.35 bits per heavy atom. The van der Waals surface area contributed by atoms with E-state index < -0.39 is 24.1 Å². The number of piperazine rings is 2. The average Bonchev–Trinajstić information content (AvgIpc) is 0.797. The second-order valence-corrected chi connectivity index (χ2v) is 21.8. The number of rotatable bonds is 19. The number of ether oxygens (including phenoxy) is 5. The first-order valence-electron chi connectivity index (χ1n) is 28.9. The highest BCUT2D eigenvalue weighted by molar-refractivity contribution is 6.31. The Bertz CT molecular complexity index is 3930. The van der Waals surface area contributed by atoms with Gasteiger partial charge in [0, 0.05) is 106 Å². The molecule has 2 aromatic heterocycles. The van der Waals surface area contributed by atoms with Crippen LogP contribution < -0.4 is 60.5 Å². The minimum atomic E-state index is -0.763.